The van der Waals surface area contributed by atoms with Gasteiger partial charge in [-0.3, -0.25) is 0 Å². The van der Waals surface area contributed by atoms with Gasteiger partial charge in [0.05, 0.1) is 6.33 Å². The third-order valence-electron chi connectivity index (χ3n) is 4.76. The van der Waals surface area contributed by atoms with Crippen molar-refractivity contribution in [2.45, 2.75) is 23.0 Å². The molecule has 158 valence electrons. The van der Waals surface area contributed by atoms with Crippen LogP contribution in [0.3, 0.4) is 0 Å². The highest BCUT2D eigenvalue weighted by Gasteiger charge is 2.22. The number of hydrogen-bond acceptors (Lipinski definition) is 7. The van der Waals surface area contributed by atoms with E-state index in [1.165, 1.54) is 11.8 Å². The second-order valence-corrected chi connectivity index (χ2v) is 9.37. The molecule has 11 heteroatoms. The fourth-order valence-electron chi connectivity index (χ4n) is 3.22. The lowest BCUT2D eigenvalue weighted by atomic mass is 10.1. The average Bonchev–Trinajstić information content (AvgIpc) is 3.36. The van der Waals surface area contributed by atoms with E-state index < -0.39 is 0 Å². The number of aromatic nitrogens is 4. The van der Waals surface area contributed by atoms with Gasteiger partial charge in [-0.05, 0) is 63.9 Å². The van der Waals surface area contributed by atoms with Gasteiger partial charge >= 0.3 is 0 Å². The molecule has 0 saturated heterocycles. The summed E-state index contributed by atoms with van der Waals surface area (Å²) < 4.78 is 13.6. The topological polar surface area (TPSA) is 88.1 Å². The number of benzene rings is 2. The van der Waals surface area contributed by atoms with Crippen LogP contribution >= 0.6 is 50.9 Å². The average molecular weight is 539 g/mol. The molecule has 5 rings (SSSR count). The van der Waals surface area contributed by atoms with E-state index in [0.717, 1.165) is 14.9 Å². The summed E-state index contributed by atoms with van der Waals surface area (Å²) in [6.45, 7) is 0.786. The summed E-state index contributed by atoms with van der Waals surface area (Å²) in [4.78, 5) is 14.5. The Morgan fingerprint density at radius 2 is 1.87 bits per heavy atom. The monoisotopic (exact) mass is 537 g/mol. The second-order valence-electron chi connectivity index (χ2n) is 6.69. The quantitative estimate of drug-likeness (QED) is 0.356. The van der Waals surface area contributed by atoms with Crippen LogP contribution in [0.4, 0.5) is 5.82 Å². The fourth-order valence-corrected chi connectivity index (χ4v) is 5.16. The fraction of sp³-hybridized carbons (Fsp3) is 0.150. The Morgan fingerprint density at radius 3 is 2.65 bits per heavy atom. The number of anilines is 1. The van der Waals surface area contributed by atoms with Crippen molar-refractivity contribution in [2.24, 2.45) is 0 Å². The van der Waals surface area contributed by atoms with E-state index in [1.807, 2.05) is 34.9 Å². The molecule has 2 aromatic carbocycles. The molecule has 3 heterocycles. The van der Waals surface area contributed by atoms with Gasteiger partial charge in [0, 0.05) is 26.0 Å². The largest absolute Gasteiger partial charge is 0.454 e. The van der Waals surface area contributed by atoms with Gasteiger partial charge in [-0.2, -0.15) is 0 Å². The Bertz CT molecular complexity index is 1250. The molecule has 0 atom stereocenters. The molecule has 0 amide bonds. The molecule has 0 unspecified atom stereocenters. The van der Waals surface area contributed by atoms with E-state index in [9.17, 15) is 0 Å². The van der Waals surface area contributed by atoms with Crippen LogP contribution in [-0.2, 0) is 13.0 Å². The molecule has 3 aliphatic rings. The van der Waals surface area contributed by atoms with Gasteiger partial charge in [0.2, 0.25) is 6.79 Å². The summed E-state index contributed by atoms with van der Waals surface area (Å²) >= 11 is 17.6. The van der Waals surface area contributed by atoms with Crippen molar-refractivity contribution < 1.29 is 9.47 Å². The molecule has 0 radical (unpaired) electrons. The Hall–Kier alpha value is -2.20. The number of imidazole rings is 1. The molecule has 0 aliphatic carbocycles. The molecule has 0 fully saturated rings. The van der Waals surface area contributed by atoms with Crippen LogP contribution in [0.2, 0.25) is 10.0 Å². The SMILES string of the molecule is Nc1ncn(CCc2c(Cl)cccc2Cl)c2nc(Sc3cc4c(cc3Br)OCO4)nc1-2. The molecule has 0 spiro atoms. The molecule has 0 saturated carbocycles. The molecule has 3 aliphatic heterocycles. The second kappa shape index (κ2) is 8.38. The van der Waals surface area contributed by atoms with Crippen LogP contribution in [0.15, 0.2) is 51.2 Å². The van der Waals surface area contributed by atoms with Crippen molar-refractivity contribution in [3.8, 4) is 23.0 Å². The Balaban J connectivity index is 1.44. The van der Waals surface area contributed by atoms with E-state index in [-0.39, 0.29) is 6.79 Å². The minimum atomic E-state index is 0.213. The first-order chi connectivity index (χ1) is 15.0. The summed E-state index contributed by atoms with van der Waals surface area (Å²) in [6, 6.07) is 9.24. The Kier molecular flexibility index (Phi) is 5.60. The zero-order valence-electron chi connectivity index (χ0n) is 15.8. The van der Waals surface area contributed by atoms with Crippen LogP contribution in [0.25, 0.3) is 11.5 Å². The van der Waals surface area contributed by atoms with Crippen molar-refractivity contribution in [2.75, 3.05) is 12.5 Å². The third-order valence-corrected chi connectivity index (χ3v) is 7.31. The third kappa shape index (κ3) is 4.03. The minimum Gasteiger partial charge on any atom is -0.454 e. The lowest BCUT2D eigenvalue weighted by Gasteiger charge is -2.12. The lowest BCUT2D eigenvalue weighted by molar-refractivity contribution is 0.174. The maximum atomic E-state index is 6.30. The summed E-state index contributed by atoms with van der Waals surface area (Å²) in [5, 5.41) is 1.81. The Labute approximate surface area is 200 Å². The maximum Gasteiger partial charge on any atom is 0.231 e. The number of halogens is 3. The number of fused-ring (bicyclic) bond motifs is 2. The van der Waals surface area contributed by atoms with Crippen molar-refractivity contribution in [1.82, 2.24) is 19.5 Å². The van der Waals surface area contributed by atoms with E-state index in [4.69, 9.17) is 43.4 Å². The number of hydrogen-bond donors (Lipinski definition) is 1. The number of nitrogens with zero attached hydrogens (tertiary/aromatic N) is 4. The molecule has 0 aromatic heterocycles. The normalized spacial score (nSPS) is 12.6. The van der Waals surface area contributed by atoms with Gasteiger partial charge in [0.25, 0.3) is 0 Å². The van der Waals surface area contributed by atoms with Gasteiger partial charge in [-0.25, -0.2) is 15.0 Å². The van der Waals surface area contributed by atoms with E-state index in [0.29, 0.717) is 57.0 Å². The molecule has 0 bridgehead atoms. The molecule has 2 aromatic rings. The van der Waals surface area contributed by atoms with Gasteiger partial charge in [0.1, 0.15) is 0 Å². The van der Waals surface area contributed by atoms with Crippen LogP contribution in [0.5, 0.6) is 11.5 Å². The van der Waals surface area contributed by atoms with E-state index >= 15 is 0 Å². The van der Waals surface area contributed by atoms with Crippen LogP contribution in [0, 0.1) is 0 Å². The Morgan fingerprint density at radius 1 is 1.13 bits per heavy atom. The number of rotatable bonds is 5. The van der Waals surface area contributed by atoms with Crippen LogP contribution < -0.4 is 15.2 Å². The zero-order valence-corrected chi connectivity index (χ0v) is 19.7. The lowest BCUT2D eigenvalue weighted by Crippen LogP contribution is -2.10. The van der Waals surface area contributed by atoms with E-state index in [2.05, 4.69) is 25.9 Å². The standard InChI is InChI=1S/C20H14BrCl2N5O2S/c21-11-6-14-15(30-9-29-14)7-16(11)31-20-26-17-18(24)25-8-28(19(17)27-20)5-4-10-12(22)2-1-3-13(10)23/h1-3,6-8H,4-5,9,24H2. The highest BCUT2D eigenvalue weighted by atomic mass is 79.9. The van der Waals surface area contributed by atoms with Gasteiger partial charge in [-0.1, -0.05) is 29.3 Å². The molecule has 7 nitrogen and oxygen atoms in total. The smallest absolute Gasteiger partial charge is 0.231 e. The van der Waals surface area contributed by atoms with Gasteiger partial charge in [0.15, 0.2) is 34.0 Å². The van der Waals surface area contributed by atoms with Crippen molar-refractivity contribution in [3.63, 3.8) is 0 Å². The summed E-state index contributed by atoms with van der Waals surface area (Å²) in [5.74, 6) is 2.37. The molecular formula is C20H14BrCl2N5O2S. The van der Waals surface area contributed by atoms with Gasteiger partial charge in [-0.15, -0.1) is 0 Å². The van der Waals surface area contributed by atoms with E-state index in [1.54, 1.807) is 6.33 Å². The predicted octanol–water partition coefficient (Wildman–Crippen LogP) is 5.55. The molecule has 2 N–H and O–H groups in total. The van der Waals surface area contributed by atoms with Crippen molar-refractivity contribution in [1.29, 1.82) is 0 Å². The van der Waals surface area contributed by atoms with Crippen LogP contribution in [-0.4, -0.2) is 26.3 Å². The molecule has 31 heavy (non-hydrogen) atoms. The number of aryl methyl sites for hydroxylation is 1. The first kappa shape index (κ1) is 20.7. The van der Waals surface area contributed by atoms with Crippen molar-refractivity contribution in [3.05, 3.63) is 56.7 Å². The summed E-state index contributed by atoms with van der Waals surface area (Å²) in [5.41, 5.74) is 7.49. The summed E-state index contributed by atoms with van der Waals surface area (Å²) in [7, 11) is 0. The highest BCUT2D eigenvalue weighted by Crippen LogP contribution is 2.43. The maximum absolute atomic E-state index is 6.30. The van der Waals surface area contributed by atoms with Crippen molar-refractivity contribution >= 4 is 56.7 Å². The van der Waals surface area contributed by atoms with Crippen LogP contribution in [0.1, 0.15) is 5.56 Å². The summed E-state index contributed by atoms with van der Waals surface area (Å²) in [6.07, 6.45) is 2.27. The minimum absolute atomic E-state index is 0.213. The number of ether oxygens (including phenoxy) is 2. The first-order valence-corrected chi connectivity index (χ1v) is 11.5. The number of nitrogens with two attached hydrogens (primary N) is 1. The number of nitrogen functional groups attached to an aromatic ring is 1. The zero-order chi connectivity index (χ0) is 21.5. The van der Waals surface area contributed by atoms with Gasteiger partial charge < -0.3 is 19.8 Å². The highest BCUT2D eigenvalue weighted by molar-refractivity contribution is 9.10. The first-order valence-electron chi connectivity index (χ1n) is 9.18. The predicted molar refractivity (Wildman–Crippen MR) is 123 cm³/mol. The molecular weight excluding hydrogens is 525 g/mol.